The number of amides is 1. The average molecular weight is 421 g/mol. The van der Waals surface area contributed by atoms with Crippen molar-refractivity contribution in [2.24, 2.45) is 0 Å². The number of methoxy groups -OCH3 is 3. The summed E-state index contributed by atoms with van der Waals surface area (Å²) in [6.45, 7) is 3.61. The van der Waals surface area contributed by atoms with Crippen LogP contribution in [-0.4, -0.2) is 43.2 Å². The third-order valence-corrected chi connectivity index (χ3v) is 6.72. The summed E-state index contributed by atoms with van der Waals surface area (Å²) in [6.07, 6.45) is 3.13. The lowest BCUT2D eigenvalue weighted by molar-refractivity contribution is 0.0597. The van der Waals surface area contributed by atoms with Gasteiger partial charge in [0.05, 0.1) is 32.9 Å². The number of carbonyl (C=O) groups excluding carboxylic acids is 1. The zero-order chi connectivity index (χ0) is 21.7. The first-order chi connectivity index (χ1) is 15.1. The van der Waals surface area contributed by atoms with E-state index in [0.29, 0.717) is 29.4 Å². The molecule has 0 saturated heterocycles. The highest BCUT2D eigenvalue weighted by atomic mass is 16.5. The molecule has 1 atom stereocenters. The second-order valence-corrected chi connectivity index (χ2v) is 8.32. The van der Waals surface area contributed by atoms with E-state index in [1.54, 1.807) is 33.5 Å². The largest absolute Gasteiger partial charge is 0.493 e. The average Bonchev–Trinajstić information content (AvgIpc) is 3.12. The molecule has 0 saturated carbocycles. The third kappa shape index (κ3) is 2.88. The molecule has 31 heavy (non-hydrogen) atoms. The first-order valence-electron chi connectivity index (χ1n) is 10.8. The number of carbonyl (C=O) groups is 1. The maximum absolute atomic E-state index is 13.8. The quantitative estimate of drug-likeness (QED) is 0.623. The first-order valence-corrected chi connectivity index (χ1v) is 10.8. The van der Waals surface area contributed by atoms with Gasteiger partial charge in [-0.1, -0.05) is 11.6 Å². The van der Waals surface area contributed by atoms with Crippen molar-refractivity contribution in [1.82, 2.24) is 9.47 Å². The Morgan fingerprint density at radius 3 is 2.55 bits per heavy atom. The molecular weight excluding hydrogens is 392 g/mol. The molecule has 3 aromatic rings. The van der Waals surface area contributed by atoms with Crippen molar-refractivity contribution in [2.75, 3.05) is 27.9 Å². The highest BCUT2D eigenvalue weighted by Crippen LogP contribution is 2.45. The molecule has 0 radical (unpaired) electrons. The number of hydrogen-bond acceptors (Lipinski definition) is 4. The molecular formula is C25H28N2O4. The second-order valence-electron chi connectivity index (χ2n) is 8.32. The molecule has 0 fully saturated rings. The summed E-state index contributed by atoms with van der Waals surface area (Å²) in [4.78, 5) is 15.8. The van der Waals surface area contributed by atoms with Gasteiger partial charge in [-0.15, -0.1) is 0 Å². The first kappa shape index (κ1) is 19.8. The number of aromatic nitrogens is 1. The van der Waals surface area contributed by atoms with Gasteiger partial charge in [-0.05, 0) is 56.0 Å². The van der Waals surface area contributed by atoms with Crippen molar-refractivity contribution in [1.29, 1.82) is 0 Å². The van der Waals surface area contributed by atoms with Crippen molar-refractivity contribution in [3.63, 3.8) is 0 Å². The van der Waals surface area contributed by atoms with Gasteiger partial charge in [0.2, 0.25) is 5.75 Å². The summed E-state index contributed by atoms with van der Waals surface area (Å²) in [5.74, 6) is 1.39. The van der Waals surface area contributed by atoms with E-state index in [1.165, 1.54) is 27.7 Å². The summed E-state index contributed by atoms with van der Waals surface area (Å²) in [6, 6.07) is 10.3. The van der Waals surface area contributed by atoms with Gasteiger partial charge >= 0.3 is 0 Å². The van der Waals surface area contributed by atoms with Gasteiger partial charge in [-0.25, -0.2) is 0 Å². The zero-order valence-electron chi connectivity index (χ0n) is 18.5. The Bertz CT molecular complexity index is 1180. The van der Waals surface area contributed by atoms with Gasteiger partial charge in [0, 0.05) is 29.7 Å². The Hall–Kier alpha value is -3.15. The van der Waals surface area contributed by atoms with Crippen LogP contribution in [-0.2, 0) is 13.0 Å². The summed E-state index contributed by atoms with van der Waals surface area (Å²) in [7, 11) is 4.69. The molecule has 1 aliphatic carbocycles. The van der Waals surface area contributed by atoms with Crippen LogP contribution in [0.15, 0.2) is 30.3 Å². The molecule has 2 aliphatic rings. The van der Waals surface area contributed by atoms with Crippen LogP contribution < -0.4 is 14.2 Å². The fourth-order valence-corrected chi connectivity index (χ4v) is 5.39. The van der Waals surface area contributed by atoms with Crippen LogP contribution >= 0.6 is 0 Å². The van der Waals surface area contributed by atoms with E-state index in [-0.39, 0.29) is 11.9 Å². The zero-order valence-corrected chi connectivity index (χ0v) is 18.5. The van der Waals surface area contributed by atoms with Crippen molar-refractivity contribution >= 4 is 16.8 Å². The number of aryl methyl sites for hydroxylation is 2. The fourth-order valence-electron chi connectivity index (χ4n) is 5.39. The second kappa shape index (κ2) is 7.52. The Balaban J connectivity index is 1.60. The lowest BCUT2D eigenvalue weighted by Gasteiger charge is -2.40. The molecule has 5 rings (SSSR count). The summed E-state index contributed by atoms with van der Waals surface area (Å²) >= 11 is 0. The van der Waals surface area contributed by atoms with Gasteiger partial charge in [0.15, 0.2) is 11.5 Å². The SMILES string of the molecule is COc1ccc(C(=O)N2CCn3c4c(c5cc(C)ccc53)CCC[C@H]42)c(OC)c1OC. The molecule has 0 unspecified atom stereocenters. The minimum absolute atomic E-state index is 0.0247. The maximum atomic E-state index is 13.8. The molecule has 1 aromatic heterocycles. The normalized spacial score (nSPS) is 17.4. The molecule has 2 aromatic carbocycles. The Labute approximate surface area is 182 Å². The van der Waals surface area contributed by atoms with E-state index in [9.17, 15) is 4.79 Å². The third-order valence-electron chi connectivity index (χ3n) is 6.72. The standard InChI is InChI=1S/C25H28N2O4/c1-15-8-10-19-18(14-15)16-6-5-7-20-22(16)26(19)12-13-27(20)25(28)17-9-11-21(29-2)24(31-4)23(17)30-3/h8-11,14,20H,5-7,12-13H2,1-4H3/t20-/m1/s1. The van der Waals surface area contributed by atoms with Crippen molar-refractivity contribution in [3.8, 4) is 17.2 Å². The number of ether oxygens (including phenoxy) is 3. The molecule has 0 spiro atoms. The van der Waals surface area contributed by atoms with Gasteiger partial charge in [0.1, 0.15) is 0 Å². The number of nitrogens with zero attached hydrogens (tertiary/aromatic N) is 2. The molecule has 1 amide bonds. The molecule has 0 N–H and O–H groups in total. The minimum atomic E-state index is -0.0247. The Morgan fingerprint density at radius 2 is 1.81 bits per heavy atom. The smallest absolute Gasteiger partial charge is 0.258 e. The van der Waals surface area contributed by atoms with Crippen LogP contribution in [0.2, 0.25) is 0 Å². The molecule has 6 heteroatoms. The highest BCUT2D eigenvalue weighted by molar-refractivity contribution is 5.99. The fraction of sp³-hybridized carbons (Fsp3) is 0.400. The van der Waals surface area contributed by atoms with E-state index in [0.717, 1.165) is 25.8 Å². The Morgan fingerprint density at radius 1 is 1.00 bits per heavy atom. The molecule has 162 valence electrons. The van der Waals surface area contributed by atoms with Crippen molar-refractivity contribution in [2.45, 2.75) is 38.8 Å². The lowest BCUT2D eigenvalue weighted by atomic mass is 9.89. The van der Waals surface area contributed by atoms with Gasteiger partial charge < -0.3 is 23.7 Å². The monoisotopic (exact) mass is 420 g/mol. The van der Waals surface area contributed by atoms with Crippen molar-refractivity contribution < 1.29 is 19.0 Å². The number of rotatable bonds is 4. The molecule has 2 heterocycles. The van der Waals surface area contributed by atoms with Crippen LogP contribution in [0, 0.1) is 6.92 Å². The predicted molar refractivity (Wildman–Crippen MR) is 119 cm³/mol. The molecule has 6 nitrogen and oxygen atoms in total. The van der Waals surface area contributed by atoms with E-state index in [1.807, 2.05) is 4.90 Å². The van der Waals surface area contributed by atoms with Crippen LogP contribution in [0.1, 0.15) is 46.1 Å². The lowest BCUT2D eigenvalue weighted by Crippen LogP contribution is -2.43. The summed E-state index contributed by atoms with van der Waals surface area (Å²) in [5, 5.41) is 1.35. The van der Waals surface area contributed by atoms with Crippen molar-refractivity contribution in [3.05, 3.63) is 52.7 Å². The highest BCUT2D eigenvalue weighted by Gasteiger charge is 2.38. The van der Waals surface area contributed by atoms with Crippen LogP contribution in [0.4, 0.5) is 0 Å². The van der Waals surface area contributed by atoms with E-state index >= 15 is 0 Å². The van der Waals surface area contributed by atoms with Crippen LogP contribution in [0.5, 0.6) is 17.2 Å². The van der Waals surface area contributed by atoms with Crippen LogP contribution in [0.25, 0.3) is 10.9 Å². The van der Waals surface area contributed by atoms with E-state index < -0.39 is 0 Å². The van der Waals surface area contributed by atoms with Crippen LogP contribution in [0.3, 0.4) is 0 Å². The minimum Gasteiger partial charge on any atom is -0.493 e. The Kier molecular flexibility index (Phi) is 4.80. The predicted octanol–water partition coefficient (Wildman–Crippen LogP) is 4.51. The number of fused-ring (bicyclic) bond motifs is 3. The summed E-state index contributed by atoms with van der Waals surface area (Å²) in [5.41, 5.74) is 5.79. The topological polar surface area (TPSA) is 52.9 Å². The molecule has 1 aliphatic heterocycles. The number of hydrogen-bond donors (Lipinski definition) is 0. The van der Waals surface area contributed by atoms with Gasteiger partial charge in [-0.3, -0.25) is 4.79 Å². The van der Waals surface area contributed by atoms with E-state index in [4.69, 9.17) is 14.2 Å². The van der Waals surface area contributed by atoms with E-state index in [2.05, 4.69) is 29.7 Å². The maximum Gasteiger partial charge on any atom is 0.258 e. The van der Waals surface area contributed by atoms with Gasteiger partial charge in [0.25, 0.3) is 5.91 Å². The van der Waals surface area contributed by atoms with Gasteiger partial charge in [-0.2, -0.15) is 0 Å². The number of benzene rings is 2. The molecule has 0 bridgehead atoms. The summed E-state index contributed by atoms with van der Waals surface area (Å²) < 4.78 is 18.9.